The molecule has 1 unspecified atom stereocenters. The van der Waals surface area contributed by atoms with E-state index in [9.17, 15) is 4.79 Å². The molecule has 0 fully saturated rings. The van der Waals surface area contributed by atoms with Gasteiger partial charge in [0.1, 0.15) is 0 Å². The van der Waals surface area contributed by atoms with E-state index in [-0.39, 0.29) is 22.9 Å². The fourth-order valence-corrected chi connectivity index (χ4v) is 2.44. The Kier molecular flexibility index (Phi) is 4.98. The van der Waals surface area contributed by atoms with Crippen LogP contribution in [0.2, 0.25) is 0 Å². The third-order valence-corrected chi connectivity index (χ3v) is 3.26. The Hall–Kier alpha value is -1.35. The molecule has 0 saturated carbocycles. The Morgan fingerprint density at radius 3 is 1.85 bits per heavy atom. The second-order valence-electron chi connectivity index (χ2n) is 7.29. The first-order valence-electron chi connectivity index (χ1n) is 7.19. The lowest BCUT2D eigenvalue weighted by Gasteiger charge is -2.45. The van der Waals surface area contributed by atoms with Gasteiger partial charge in [-0.05, 0) is 54.0 Å². The zero-order valence-corrected chi connectivity index (χ0v) is 13.8. The smallest absolute Gasteiger partial charge is 0.241 e. The minimum atomic E-state index is -0.164. The molecular weight excluding hydrogens is 248 g/mol. The van der Waals surface area contributed by atoms with Crippen molar-refractivity contribution in [2.45, 2.75) is 65.5 Å². The standard InChI is InChI=1S/C17H28N2O/c1-13(14-11-9-8-10-12-14)15(20)18-19(16(2,3)4)17(5,6)7/h8-13H,1-7H3,(H,18,20). The number of nitrogens with one attached hydrogen (secondary N) is 1. The van der Waals surface area contributed by atoms with Crippen LogP contribution in [0.4, 0.5) is 0 Å². The van der Waals surface area contributed by atoms with E-state index >= 15 is 0 Å². The maximum atomic E-state index is 12.5. The Morgan fingerprint density at radius 1 is 1.00 bits per heavy atom. The molecule has 3 heteroatoms. The van der Waals surface area contributed by atoms with Crippen molar-refractivity contribution in [1.29, 1.82) is 0 Å². The summed E-state index contributed by atoms with van der Waals surface area (Å²) in [4.78, 5) is 12.5. The minimum Gasteiger partial charge on any atom is -0.287 e. The highest BCUT2D eigenvalue weighted by Crippen LogP contribution is 2.23. The first-order chi connectivity index (χ1) is 9.03. The lowest BCUT2D eigenvalue weighted by Crippen LogP contribution is -2.61. The molecule has 0 aromatic heterocycles. The van der Waals surface area contributed by atoms with E-state index in [1.807, 2.05) is 42.3 Å². The van der Waals surface area contributed by atoms with Gasteiger partial charge in [-0.25, -0.2) is 5.01 Å². The molecule has 0 spiro atoms. The monoisotopic (exact) mass is 276 g/mol. The van der Waals surface area contributed by atoms with Crippen molar-refractivity contribution in [2.75, 3.05) is 0 Å². The Labute approximate surface area is 123 Å². The van der Waals surface area contributed by atoms with Gasteiger partial charge in [0.05, 0.1) is 5.92 Å². The minimum absolute atomic E-state index is 0.0287. The average molecular weight is 276 g/mol. The number of hydrazine groups is 1. The number of benzene rings is 1. The lowest BCUT2D eigenvalue weighted by atomic mass is 9.98. The van der Waals surface area contributed by atoms with E-state index in [0.717, 1.165) is 5.56 Å². The molecule has 0 aliphatic heterocycles. The van der Waals surface area contributed by atoms with Gasteiger partial charge in [0, 0.05) is 11.1 Å². The van der Waals surface area contributed by atoms with Gasteiger partial charge < -0.3 is 0 Å². The molecule has 0 aliphatic carbocycles. The molecule has 1 atom stereocenters. The Balaban J connectivity index is 2.87. The van der Waals surface area contributed by atoms with Crippen LogP contribution < -0.4 is 5.43 Å². The second-order valence-corrected chi connectivity index (χ2v) is 7.29. The molecule has 3 nitrogen and oxygen atoms in total. The van der Waals surface area contributed by atoms with E-state index in [0.29, 0.717) is 0 Å². The van der Waals surface area contributed by atoms with Gasteiger partial charge in [-0.3, -0.25) is 10.2 Å². The van der Waals surface area contributed by atoms with Crippen LogP contribution in [0.15, 0.2) is 30.3 Å². The van der Waals surface area contributed by atoms with Crippen LogP contribution in [0.3, 0.4) is 0 Å². The molecule has 0 saturated heterocycles. The van der Waals surface area contributed by atoms with Crippen LogP contribution in [0.25, 0.3) is 0 Å². The van der Waals surface area contributed by atoms with E-state index < -0.39 is 0 Å². The molecule has 1 N–H and O–H groups in total. The van der Waals surface area contributed by atoms with E-state index in [4.69, 9.17) is 0 Å². The summed E-state index contributed by atoms with van der Waals surface area (Å²) in [6.07, 6.45) is 0. The van der Waals surface area contributed by atoms with Crippen molar-refractivity contribution >= 4 is 5.91 Å². The fourth-order valence-electron chi connectivity index (χ4n) is 2.44. The Bertz CT molecular complexity index is 426. The average Bonchev–Trinajstić information content (AvgIpc) is 2.33. The highest BCUT2D eigenvalue weighted by Gasteiger charge is 2.33. The molecule has 0 radical (unpaired) electrons. The van der Waals surface area contributed by atoms with Gasteiger partial charge in [0.2, 0.25) is 5.91 Å². The second kappa shape index (κ2) is 5.96. The molecule has 20 heavy (non-hydrogen) atoms. The molecule has 0 heterocycles. The number of nitrogens with zero attached hydrogens (tertiary/aromatic N) is 1. The van der Waals surface area contributed by atoms with Crippen LogP contribution in [-0.2, 0) is 4.79 Å². The van der Waals surface area contributed by atoms with Crippen molar-refractivity contribution in [3.8, 4) is 0 Å². The molecule has 0 aliphatic rings. The third kappa shape index (κ3) is 4.34. The van der Waals surface area contributed by atoms with Crippen molar-refractivity contribution in [1.82, 2.24) is 10.4 Å². The topological polar surface area (TPSA) is 32.3 Å². The first kappa shape index (κ1) is 16.7. The fraction of sp³-hybridized carbons (Fsp3) is 0.588. The van der Waals surface area contributed by atoms with Crippen molar-refractivity contribution in [3.05, 3.63) is 35.9 Å². The zero-order chi connectivity index (χ0) is 15.6. The number of hydrogen-bond donors (Lipinski definition) is 1. The normalized spacial score (nSPS) is 14.2. The van der Waals surface area contributed by atoms with Crippen LogP contribution in [0.5, 0.6) is 0 Å². The first-order valence-corrected chi connectivity index (χ1v) is 7.19. The molecule has 1 aromatic carbocycles. The summed E-state index contributed by atoms with van der Waals surface area (Å²) in [5, 5.41) is 2.03. The van der Waals surface area contributed by atoms with Crippen LogP contribution in [0, 0.1) is 0 Å². The maximum absolute atomic E-state index is 12.5. The van der Waals surface area contributed by atoms with E-state index in [2.05, 4.69) is 47.0 Å². The molecule has 112 valence electrons. The number of hydrogen-bond acceptors (Lipinski definition) is 2. The van der Waals surface area contributed by atoms with Gasteiger partial charge >= 0.3 is 0 Å². The summed E-state index contributed by atoms with van der Waals surface area (Å²) >= 11 is 0. The Morgan fingerprint density at radius 2 is 1.45 bits per heavy atom. The molecular formula is C17H28N2O. The van der Waals surface area contributed by atoms with Gasteiger partial charge in [0.15, 0.2) is 0 Å². The van der Waals surface area contributed by atoms with Gasteiger partial charge in [-0.2, -0.15) is 0 Å². The highest BCUT2D eigenvalue weighted by atomic mass is 16.2. The summed E-state index contributed by atoms with van der Waals surface area (Å²) in [7, 11) is 0. The van der Waals surface area contributed by atoms with Crippen molar-refractivity contribution in [3.63, 3.8) is 0 Å². The van der Waals surface area contributed by atoms with Gasteiger partial charge in [0.25, 0.3) is 0 Å². The third-order valence-electron chi connectivity index (χ3n) is 3.26. The van der Waals surface area contributed by atoms with Gasteiger partial charge in [-0.15, -0.1) is 0 Å². The molecule has 1 amide bonds. The van der Waals surface area contributed by atoms with Crippen LogP contribution in [0.1, 0.15) is 59.9 Å². The number of carbonyl (C=O) groups is 1. The summed E-state index contributed by atoms with van der Waals surface area (Å²) < 4.78 is 0. The zero-order valence-electron chi connectivity index (χ0n) is 13.8. The predicted molar refractivity (Wildman–Crippen MR) is 84.3 cm³/mol. The van der Waals surface area contributed by atoms with Crippen LogP contribution >= 0.6 is 0 Å². The lowest BCUT2D eigenvalue weighted by molar-refractivity contribution is -0.134. The number of amides is 1. The SMILES string of the molecule is CC(C(=O)NN(C(C)(C)C)C(C)(C)C)c1ccccc1. The summed E-state index contributed by atoms with van der Waals surface area (Å²) in [6, 6.07) is 9.87. The summed E-state index contributed by atoms with van der Waals surface area (Å²) in [6.45, 7) is 14.6. The summed E-state index contributed by atoms with van der Waals surface area (Å²) in [5.41, 5.74) is 3.86. The molecule has 1 rings (SSSR count). The van der Waals surface area contributed by atoms with Gasteiger partial charge in [-0.1, -0.05) is 30.3 Å². The number of rotatable bonds is 3. The molecule has 0 bridgehead atoms. The highest BCUT2D eigenvalue weighted by molar-refractivity contribution is 5.82. The quantitative estimate of drug-likeness (QED) is 0.853. The molecule has 1 aromatic rings. The maximum Gasteiger partial charge on any atom is 0.241 e. The largest absolute Gasteiger partial charge is 0.287 e. The predicted octanol–water partition coefficient (Wildman–Crippen LogP) is 3.72. The van der Waals surface area contributed by atoms with Crippen LogP contribution in [-0.4, -0.2) is 22.0 Å². The van der Waals surface area contributed by atoms with Crippen molar-refractivity contribution < 1.29 is 4.79 Å². The van der Waals surface area contributed by atoms with E-state index in [1.54, 1.807) is 0 Å². The number of carbonyl (C=O) groups excluding carboxylic acids is 1. The summed E-state index contributed by atoms with van der Waals surface area (Å²) in [5.74, 6) is -0.135. The van der Waals surface area contributed by atoms with Crippen molar-refractivity contribution in [2.24, 2.45) is 0 Å². The van der Waals surface area contributed by atoms with E-state index in [1.165, 1.54) is 0 Å².